The number of nitrogens with zero attached hydrogens (tertiary/aromatic N) is 3. The lowest BCUT2D eigenvalue weighted by Crippen LogP contribution is -2.43. The number of anilines is 1. The van der Waals surface area contributed by atoms with E-state index in [0.717, 1.165) is 5.75 Å². The van der Waals surface area contributed by atoms with Gasteiger partial charge in [-0.15, -0.1) is 0 Å². The Labute approximate surface area is 171 Å². The average molecular weight is 421 g/mol. The van der Waals surface area contributed by atoms with Gasteiger partial charge in [0.15, 0.2) is 5.03 Å². The largest absolute Gasteiger partial charge is 0.494 e. The van der Waals surface area contributed by atoms with Crippen molar-refractivity contribution in [1.82, 2.24) is 13.9 Å². The summed E-state index contributed by atoms with van der Waals surface area (Å²) in [6.45, 7) is 6.95. The SMILES string of the molecule is CCOc1ccc(NC(=O)[C@@H]2CCCN(S(=O)(=O)c3cn(C(C)C)cn3)C2)cc1. The number of aromatic nitrogens is 2. The first-order chi connectivity index (χ1) is 13.8. The third kappa shape index (κ3) is 4.97. The monoisotopic (exact) mass is 420 g/mol. The van der Waals surface area contributed by atoms with Gasteiger partial charge in [-0.3, -0.25) is 4.79 Å². The minimum Gasteiger partial charge on any atom is -0.494 e. The third-order valence-electron chi connectivity index (χ3n) is 4.97. The van der Waals surface area contributed by atoms with Gasteiger partial charge < -0.3 is 14.6 Å². The van der Waals surface area contributed by atoms with E-state index >= 15 is 0 Å². The fourth-order valence-electron chi connectivity index (χ4n) is 3.29. The van der Waals surface area contributed by atoms with E-state index in [2.05, 4.69) is 10.3 Å². The molecule has 2 aromatic rings. The number of nitrogens with one attached hydrogen (secondary N) is 1. The van der Waals surface area contributed by atoms with Gasteiger partial charge in [-0.1, -0.05) is 0 Å². The van der Waals surface area contributed by atoms with E-state index in [9.17, 15) is 13.2 Å². The summed E-state index contributed by atoms with van der Waals surface area (Å²) >= 11 is 0. The molecule has 1 amide bonds. The number of imidazole rings is 1. The van der Waals surface area contributed by atoms with Gasteiger partial charge in [0.05, 0.1) is 18.9 Å². The van der Waals surface area contributed by atoms with E-state index in [1.807, 2.05) is 20.8 Å². The Bertz CT molecular complexity index is 938. The smallest absolute Gasteiger partial charge is 0.262 e. The molecule has 29 heavy (non-hydrogen) atoms. The summed E-state index contributed by atoms with van der Waals surface area (Å²) in [6, 6.07) is 7.27. The van der Waals surface area contributed by atoms with Crippen LogP contribution in [0.1, 0.15) is 39.7 Å². The summed E-state index contributed by atoms with van der Waals surface area (Å²) in [4.78, 5) is 16.8. The highest BCUT2D eigenvalue weighted by Gasteiger charge is 2.34. The van der Waals surface area contributed by atoms with Gasteiger partial charge >= 0.3 is 0 Å². The van der Waals surface area contributed by atoms with Crippen molar-refractivity contribution in [3.8, 4) is 5.75 Å². The number of ether oxygens (including phenoxy) is 1. The van der Waals surface area contributed by atoms with E-state index in [-0.39, 0.29) is 23.5 Å². The molecule has 2 heterocycles. The maximum atomic E-state index is 13.0. The van der Waals surface area contributed by atoms with Crippen LogP contribution in [-0.2, 0) is 14.8 Å². The number of carbonyl (C=O) groups excluding carboxylic acids is 1. The lowest BCUT2D eigenvalue weighted by molar-refractivity contribution is -0.120. The molecule has 1 aliphatic heterocycles. The molecule has 158 valence electrons. The average Bonchev–Trinajstić information content (AvgIpc) is 3.21. The van der Waals surface area contributed by atoms with E-state index in [1.165, 1.54) is 10.6 Å². The van der Waals surface area contributed by atoms with Crippen LogP contribution in [0.25, 0.3) is 0 Å². The van der Waals surface area contributed by atoms with Crippen molar-refractivity contribution in [3.63, 3.8) is 0 Å². The lowest BCUT2D eigenvalue weighted by Gasteiger charge is -2.30. The summed E-state index contributed by atoms with van der Waals surface area (Å²) in [5.41, 5.74) is 0.661. The van der Waals surface area contributed by atoms with Crippen molar-refractivity contribution < 1.29 is 17.9 Å². The number of piperidine rings is 1. The van der Waals surface area contributed by atoms with Crippen molar-refractivity contribution in [1.29, 1.82) is 0 Å². The minimum atomic E-state index is -3.72. The van der Waals surface area contributed by atoms with E-state index in [4.69, 9.17) is 4.74 Å². The molecule has 1 aromatic carbocycles. The van der Waals surface area contributed by atoms with Crippen LogP contribution in [0.5, 0.6) is 5.75 Å². The Kier molecular flexibility index (Phi) is 6.59. The first kappa shape index (κ1) is 21.3. The Hall–Kier alpha value is -2.39. The van der Waals surface area contributed by atoms with Gasteiger partial charge in [0.1, 0.15) is 5.75 Å². The molecule has 1 fully saturated rings. The van der Waals surface area contributed by atoms with Crippen molar-refractivity contribution in [2.45, 2.75) is 44.7 Å². The minimum absolute atomic E-state index is 0.0266. The fraction of sp³-hybridized carbons (Fsp3) is 0.500. The third-order valence-corrected chi connectivity index (χ3v) is 6.72. The van der Waals surface area contributed by atoms with Crippen molar-refractivity contribution in [3.05, 3.63) is 36.8 Å². The Morgan fingerprint density at radius 3 is 2.66 bits per heavy atom. The standard InChI is InChI=1S/C20H28N4O4S/c1-4-28-18-9-7-17(8-10-18)22-20(25)16-6-5-11-24(12-16)29(26,27)19-13-23(14-21-19)15(2)3/h7-10,13-16H,4-6,11-12H2,1-3H3,(H,22,25)/t16-/m1/s1. The molecule has 1 aliphatic rings. The van der Waals surface area contributed by atoms with E-state index in [0.29, 0.717) is 31.7 Å². The van der Waals surface area contributed by atoms with Crippen LogP contribution in [0.4, 0.5) is 5.69 Å². The summed E-state index contributed by atoms with van der Waals surface area (Å²) in [5.74, 6) is 0.153. The zero-order valence-electron chi connectivity index (χ0n) is 17.0. The van der Waals surface area contributed by atoms with Crippen LogP contribution in [0.2, 0.25) is 0 Å². The number of hydrogen-bond donors (Lipinski definition) is 1. The normalized spacial score (nSPS) is 18.0. The van der Waals surface area contributed by atoms with Gasteiger partial charge in [-0.25, -0.2) is 13.4 Å². The molecule has 0 spiro atoms. The molecule has 0 bridgehead atoms. The zero-order valence-corrected chi connectivity index (χ0v) is 17.9. The lowest BCUT2D eigenvalue weighted by atomic mass is 9.99. The number of hydrogen-bond acceptors (Lipinski definition) is 5. The van der Waals surface area contributed by atoms with Crippen LogP contribution in [0, 0.1) is 5.92 Å². The molecular weight excluding hydrogens is 392 g/mol. The topological polar surface area (TPSA) is 93.5 Å². The summed E-state index contributed by atoms with van der Waals surface area (Å²) in [7, 11) is -3.72. The van der Waals surface area contributed by atoms with Gasteiger partial charge in [-0.2, -0.15) is 4.31 Å². The Balaban J connectivity index is 1.66. The molecule has 0 radical (unpaired) electrons. The highest BCUT2D eigenvalue weighted by molar-refractivity contribution is 7.89. The molecule has 8 nitrogen and oxygen atoms in total. The number of carbonyl (C=O) groups is 1. The Morgan fingerprint density at radius 2 is 2.03 bits per heavy atom. The number of sulfonamides is 1. The van der Waals surface area contributed by atoms with Crippen molar-refractivity contribution in [2.24, 2.45) is 5.92 Å². The number of rotatable bonds is 7. The molecule has 1 aromatic heterocycles. The van der Waals surface area contributed by atoms with Gasteiger partial charge in [-0.05, 0) is 57.9 Å². The van der Waals surface area contributed by atoms with Gasteiger partial charge in [0.2, 0.25) is 5.91 Å². The highest BCUT2D eigenvalue weighted by atomic mass is 32.2. The maximum Gasteiger partial charge on any atom is 0.262 e. The second-order valence-corrected chi connectivity index (χ2v) is 9.29. The first-order valence-corrected chi connectivity index (χ1v) is 11.3. The molecule has 3 rings (SSSR count). The second kappa shape index (κ2) is 8.96. The molecule has 1 atom stereocenters. The summed E-state index contributed by atoms with van der Waals surface area (Å²) < 4.78 is 34.4. The molecule has 1 N–H and O–H groups in total. The summed E-state index contributed by atoms with van der Waals surface area (Å²) in [5, 5.41) is 2.90. The molecule has 0 aliphatic carbocycles. The van der Waals surface area contributed by atoms with Crippen LogP contribution < -0.4 is 10.1 Å². The van der Waals surface area contributed by atoms with Gasteiger partial charge in [0, 0.05) is 31.0 Å². The number of amides is 1. The van der Waals surface area contributed by atoms with E-state index in [1.54, 1.807) is 35.0 Å². The maximum absolute atomic E-state index is 13.0. The molecule has 9 heteroatoms. The number of benzene rings is 1. The predicted octanol–water partition coefficient (Wildman–Crippen LogP) is 2.90. The van der Waals surface area contributed by atoms with Crippen LogP contribution in [0.15, 0.2) is 41.8 Å². The Morgan fingerprint density at radius 1 is 1.31 bits per heavy atom. The van der Waals surface area contributed by atoms with Crippen molar-refractivity contribution in [2.75, 3.05) is 25.0 Å². The van der Waals surface area contributed by atoms with E-state index < -0.39 is 15.9 Å². The highest BCUT2D eigenvalue weighted by Crippen LogP contribution is 2.25. The van der Waals surface area contributed by atoms with Crippen LogP contribution in [0.3, 0.4) is 0 Å². The predicted molar refractivity (Wildman–Crippen MR) is 110 cm³/mol. The quantitative estimate of drug-likeness (QED) is 0.743. The first-order valence-electron chi connectivity index (χ1n) is 9.88. The van der Waals surface area contributed by atoms with Crippen molar-refractivity contribution >= 4 is 21.6 Å². The second-order valence-electron chi connectivity index (χ2n) is 7.40. The molecule has 0 unspecified atom stereocenters. The van der Waals surface area contributed by atoms with Crippen LogP contribution >= 0.6 is 0 Å². The molecule has 0 saturated carbocycles. The zero-order chi connectivity index (χ0) is 21.0. The molecular formula is C20H28N4O4S. The van der Waals surface area contributed by atoms with Crippen LogP contribution in [-0.4, -0.2) is 47.9 Å². The molecule has 1 saturated heterocycles. The summed E-state index contributed by atoms with van der Waals surface area (Å²) in [6.07, 6.45) is 4.35. The van der Waals surface area contributed by atoms with Gasteiger partial charge in [0.25, 0.3) is 10.0 Å². The fourth-order valence-corrected chi connectivity index (χ4v) is 4.73.